The highest BCUT2D eigenvalue weighted by Crippen LogP contribution is 2.19. The van der Waals surface area contributed by atoms with E-state index in [9.17, 15) is 9.59 Å². The second kappa shape index (κ2) is 6.64. The zero-order valence-corrected chi connectivity index (χ0v) is 10.5. The number of hydrogen-bond donors (Lipinski definition) is 2. The van der Waals surface area contributed by atoms with Crippen LogP contribution in [-0.2, 0) is 16.1 Å². The fourth-order valence-electron chi connectivity index (χ4n) is 1.55. The first-order valence-corrected chi connectivity index (χ1v) is 5.65. The van der Waals surface area contributed by atoms with Crippen LogP contribution in [0.15, 0.2) is 18.2 Å². The smallest absolute Gasteiger partial charge is 0.303 e. The predicted octanol–water partition coefficient (Wildman–Crippen LogP) is 1.48. The molecule has 5 heteroatoms. The molecule has 1 amide bonds. The van der Waals surface area contributed by atoms with Gasteiger partial charge in [-0.1, -0.05) is 17.7 Å². The monoisotopic (exact) mass is 251 g/mol. The molecular formula is C13H17NO4. The van der Waals surface area contributed by atoms with Crippen molar-refractivity contribution in [3.05, 3.63) is 29.3 Å². The molecule has 0 aromatic heterocycles. The number of carboxylic acids is 1. The SMILES string of the molecule is COc1ccc(C)cc1CNC(=O)CCC(=O)O. The van der Waals surface area contributed by atoms with Crippen LogP contribution in [0.25, 0.3) is 0 Å². The molecule has 1 aromatic rings. The Morgan fingerprint density at radius 3 is 2.67 bits per heavy atom. The fraction of sp³-hybridized carbons (Fsp3) is 0.385. The zero-order valence-electron chi connectivity index (χ0n) is 10.5. The van der Waals surface area contributed by atoms with Crippen molar-refractivity contribution in [1.82, 2.24) is 5.32 Å². The van der Waals surface area contributed by atoms with E-state index in [0.29, 0.717) is 12.3 Å². The number of nitrogens with one attached hydrogen (secondary N) is 1. The maximum Gasteiger partial charge on any atom is 0.303 e. The van der Waals surface area contributed by atoms with Gasteiger partial charge >= 0.3 is 5.97 Å². The molecule has 5 nitrogen and oxygen atoms in total. The molecule has 0 saturated heterocycles. The first kappa shape index (κ1) is 14.0. The number of methoxy groups -OCH3 is 1. The van der Waals surface area contributed by atoms with Crippen LogP contribution in [0.3, 0.4) is 0 Å². The van der Waals surface area contributed by atoms with Gasteiger partial charge in [0.25, 0.3) is 0 Å². The summed E-state index contributed by atoms with van der Waals surface area (Å²) in [5.74, 6) is -0.543. The lowest BCUT2D eigenvalue weighted by molar-refractivity contribution is -0.138. The molecule has 0 heterocycles. The summed E-state index contributed by atoms with van der Waals surface area (Å²) in [4.78, 5) is 21.7. The lowest BCUT2D eigenvalue weighted by Crippen LogP contribution is -2.23. The van der Waals surface area contributed by atoms with Gasteiger partial charge < -0.3 is 15.2 Å². The lowest BCUT2D eigenvalue weighted by Gasteiger charge is -2.10. The summed E-state index contributed by atoms with van der Waals surface area (Å²) in [6.45, 7) is 2.29. The highest BCUT2D eigenvalue weighted by Gasteiger charge is 2.07. The normalized spacial score (nSPS) is 9.89. The molecule has 0 saturated carbocycles. The summed E-state index contributed by atoms with van der Waals surface area (Å²) in [5, 5.41) is 11.1. The molecule has 0 radical (unpaired) electrons. The van der Waals surface area contributed by atoms with E-state index in [4.69, 9.17) is 9.84 Å². The van der Waals surface area contributed by atoms with E-state index >= 15 is 0 Å². The molecule has 18 heavy (non-hydrogen) atoms. The van der Waals surface area contributed by atoms with Crippen molar-refractivity contribution in [2.24, 2.45) is 0 Å². The molecular weight excluding hydrogens is 234 g/mol. The van der Waals surface area contributed by atoms with Gasteiger partial charge in [-0.15, -0.1) is 0 Å². The number of carbonyl (C=O) groups is 2. The first-order valence-electron chi connectivity index (χ1n) is 5.65. The summed E-state index contributed by atoms with van der Waals surface area (Å²) in [5.41, 5.74) is 1.95. The van der Waals surface area contributed by atoms with Crippen LogP contribution in [0.5, 0.6) is 5.75 Å². The molecule has 0 aliphatic carbocycles. The molecule has 98 valence electrons. The van der Waals surface area contributed by atoms with Gasteiger partial charge in [0.05, 0.1) is 13.5 Å². The number of benzene rings is 1. The van der Waals surface area contributed by atoms with Crippen molar-refractivity contribution >= 4 is 11.9 Å². The summed E-state index contributed by atoms with van der Waals surface area (Å²) in [6.07, 6.45) is -0.166. The highest BCUT2D eigenvalue weighted by atomic mass is 16.5. The zero-order chi connectivity index (χ0) is 13.5. The number of aliphatic carboxylic acids is 1. The van der Waals surface area contributed by atoms with E-state index < -0.39 is 5.97 Å². The van der Waals surface area contributed by atoms with Gasteiger partial charge in [0.15, 0.2) is 0 Å². The number of amides is 1. The molecule has 0 fully saturated rings. The van der Waals surface area contributed by atoms with E-state index in [1.54, 1.807) is 7.11 Å². The van der Waals surface area contributed by atoms with Gasteiger partial charge in [-0.25, -0.2) is 0 Å². The van der Waals surface area contributed by atoms with Gasteiger partial charge in [0, 0.05) is 18.5 Å². The Balaban J connectivity index is 2.54. The molecule has 0 unspecified atom stereocenters. The van der Waals surface area contributed by atoms with Crippen LogP contribution < -0.4 is 10.1 Å². The summed E-state index contributed by atoms with van der Waals surface area (Å²) in [7, 11) is 1.57. The van der Waals surface area contributed by atoms with Gasteiger partial charge in [0.2, 0.25) is 5.91 Å². The van der Waals surface area contributed by atoms with Gasteiger partial charge in [-0.2, -0.15) is 0 Å². The highest BCUT2D eigenvalue weighted by molar-refractivity contribution is 5.80. The Bertz CT molecular complexity index is 443. The Morgan fingerprint density at radius 1 is 1.33 bits per heavy atom. The van der Waals surface area contributed by atoms with Crippen LogP contribution in [0.4, 0.5) is 0 Å². The molecule has 2 N–H and O–H groups in total. The topological polar surface area (TPSA) is 75.6 Å². The quantitative estimate of drug-likeness (QED) is 0.803. The van der Waals surface area contributed by atoms with Gasteiger partial charge in [0.1, 0.15) is 5.75 Å². The van der Waals surface area contributed by atoms with Crippen molar-refractivity contribution in [3.63, 3.8) is 0 Å². The fourth-order valence-corrected chi connectivity index (χ4v) is 1.55. The first-order chi connectivity index (χ1) is 8.52. The molecule has 1 aromatic carbocycles. The number of hydrogen-bond acceptors (Lipinski definition) is 3. The number of carbonyl (C=O) groups excluding carboxylic acids is 1. The Morgan fingerprint density at radius 2 is 2.06 bits per heavy atom. The number of rotatable bonds is 6. The van der Waals surface area contributed by atoms with Crippen molar-refractivity contribution in [2.75, 3.05) is 7.11 Å². The number of aryl methyl sites for hydroxylation is 1. The third-order valence-corrected chi connectivity index (χ3v) is 2.48. The number of ether oxygens (including phenoxy) is 1. The van der Waals surface area contributed by atoms with Gasteiger partial charge in [-0.05, 0) is 13.0 Å². The van der Waals surface area contributed by atoms with Crippen LogP contribution in [-0.4, -0.2) is 24.1 Å². The average Bonchev–Trinajstić information content (AvgIpc) is 2.34. The third kappa shape index (κ3) is 4.45. The van der Waals surface area contributed by atoms with Crippen molar-refractivity contribution < 1.29 is 19.4 Å². The van der Waals surface area contributed by atoms with Crippen molar-refractivity contribution in [1.29, 1.82) is 0 Å². The maximum atomic E-state index is 11.4. The van der Waals surface area contributed by atoms with E-state index in [1.165, 1.54) is 0 Å². The molecule has 0 aliphatic heterocycles. The minimum absolute atomic E-state index is 0.0105. The lowest BCUT2D eigenvalue weighted by atomic mass is 10.1. The maximum absolute atomic E-state index is 11.4. The van der Waals surface area contributed by atoms with E-state index in [0.717, 1.165) is 11.1 Å². The second-order valence-corrected chi connectivity index (χ2v) is 3.99. The second-order valence-electron chi connectivity index (χ2n) is 3.99. The van der Waals surface area contributed by atoms with E-state index in [2.05, 4.69) is 5.32 Å². The predicted molar refractivity (Wildman–Crippen MR) is 66.4 cm³/mol. The Kier molecular flexibility index (Phi) is 5.17. The minimum Gasteiger partial charge on any atom is -0.496 e. The third-order valence-electron chi connectivity index (χ3n) is 2.48. The standard InChI is InChI=1S/C13H17NO4/c1-9-3-4-11(18-2)10(7-9)8-14-12(15)5-6-13(16)17/h3-4,7H,5-6,8H2,1-2H3,(H,14,15)(H,16,17). The molecule has 1 rings (SSSR count). The minimum atomic E-state index is -0.974. The Labute approximate surface area is 106 Å². The molecule has 0 atom stereocenters. The van der Waals surface area contributed by atoms with Crippen molar-refractivity contribution in [3.8, 4) is 5.75 Å². The van der Waals surface area contributed by atoms with Crippen LogP contribution in [0.1, 0.15) is 24.0 Å². The van der Waals surface area contributed by atoms with Crippen LogP contribution in [0, 0.1) is 6.92 Å². The molecule has 0 spiro atoms. The summed E-state index contributed by atoms with van der Waals surface area (Å²) in [6, 6.07) is 5.69. The van der Waals surface area contributed by atoms with Gasteiger partial charge in [-0.3, -0.25) is 9.59 Å². The van der Waals surface area contributed by atoms with Crippen LogP contribution >= 0.6 is 0 Å². The average molecular weight is 251 g/mol. The van der Waals surface area contributed by atoms with Crippen LogP contribution in [0.2, 0.25) is 0 Å². The van der Waals surface area contributed by atoms with E-state index in [1.807, 2.05) is 25.1 Å². The number of carboxylic acid groups (broad SMARTS) is 1. The Hall–Kier alpha value is -2.04. The van der Waals surface area contributed by atoms with E-state index in [-0.39, 0.29) is 18.7 Å². The summed E-state index contributed by atoms with van der Waals surface area (Å²) >= 11 is 0. The largest absolute Gasteiger partial charge is 0.496 e. The molecule has 0 aliphatic rings. The van der Waals surface area contributed by atoms with Crippen molar-refractivity contribution in [2.45, 2.75) is 26.3 Å². The molecule has 0 bridgehead atoms. The summed E-state index contributed by atoms with van der Waals surface area (Å²) < 4.78 is 5.19.